The number of rotatable bonds is 3. The lowest BCUT2D eigenvalue weighted by molar-refractivity contribution is -0.137. The molecule has 0 radical (unpaired) electrons. The van der Waals surface area contributed by atoms with Gasteiger partial charge in [-0.15, -0.1) is 6.42 Å². The molecule has 0 unspecified atom stereocenters. The standard InChI is InChI=1S/C22H16F3N3OS/c1-4-14-5-7-15(8-6-14)13-27-20(30)28(19(29)21(27,2)3)17-10-9-16(12-26)18(11-17)22(23,24)25/h1,5-11H,13H2,2-3H3. The van der Waals surface area contributed by atoms with Gasteiger partial charge in [-0.3, -0.25) is 9.69 Å². The van der Waals surface area contributed by atoms with E-state index >= 15 is 0 Å². The predicted octanol–water partition coefficient (Wildman–Crippen LogP) is 4.47. The van der Waals surface area contributed by atoms with Crippen molar-refractivity contribution in [2.45, 2.75) is 32.1 Å². The van der Waals surface area contributed by atoms with Crippen LogP contribution in [-0.4, -0.2) is 21.5 Å². The topological polar surface area (TPSA) is 47.3 Å². The molecule has 1 saturated heterocycles. The highest BCUT2D eigenvalue weighted by Gasteiger charge is 2.49. The highest BCUT2D eigenvalue weighted by atomic mass is 32.1. The first-order chi connectivity index (χ1) is 14.0. The number of nitrogens with zero attached hydrogens (tertiary/aromatic N) is 3. The van der Waals surface area contributed by atoms with Crippen molar-refractivity contribution >= 4 is 28.9 Å². The van der Waals surface area contributed by atoms with Crippen molar-refractivity contribution < 1.29 is 18.0 Å². The summed E-state index contributed by atoms with van der Waals surface area (Å²) in [5.41, 5.74) is -1.19. The summed E-state index contributed by atoms with van der Waals surface area (Å²) in [6.45, 7) is 3.60. The van der Waals surface area contributed by atoms with Crippen LogP contribution in [0.15, 0.2) is 42.5 Å². The van der Waals surface area contributed by atoms with E-state index < -0.39 is 28.7 Å². The lowest BCUT2D eigenvalue weighted by Gasteiger charge is -2.29. The van der Waals surface area contributed by atoms with E-state index in [0.29, 0.717) is 5.56 Å². The summed E-state index contributed by atoms with van der Waals surface area (Å²) in [6.07, 6.45) is 0.623. The van der Waals surface area contributed by atoms with Crippen LogP contribution in [0.4, 0.5) is 18.9 Å². The summed E-state index contributed by atoms with van der Waals surface area (Å²) >= 11 is 5.47. The minimum absolute atomic E-state index is 0.0328. The van der Waals surface area contributed by atoms with Crippen LogP contribution in [0.2, 0.25) is 0 Å². The second-order valence-corrected chi connectivity index (χ2v) is 7.61. The number of thiocarbonyl (C=S) groups is 1. The van der Waals surface area contributed by atoms with E-state index in [0.717, 1.165) is 22.6 Å². The zero-order valence-electron chi connectivity index (χ0n) is 16.1. The third-order valence-electron chi connectivity index (χ3n) is 4.97. The molecule has 0 saturated carbocycles. The molecule has 0 spiro atoms. The van der Waals surface area contributed by atoms with E-state index in [1.165, 1.54) is 12.1 Å². The summed E-state index contributed by atoms with van der Waals surface area (Å²) in [6, 6.07) is 11.8. The molecule has 0 N–H and O–H groups in total. The molecule has 4 nitrogen and oxygen atoms in total. The normalized spacial score (nSPS) is 15.8. The fourth-order valence-electron chi connectivity index (χ4n) is 3.22. The first-order valence-corrected chi connectivity index (χ1v) is 9.24. The molecule has 1 fully saturated rings. The number of alkyl halides is 3. The minimum Gasteiger partial charge on any atom is -0.330 e. The van der Waals surface area contributed by atoms with Crippen LogP contribution in [0.3, 0.4) is 0 Å². The van der Waals surface area contributed by atoms with Gasteiger partial charge in [-0.2, -0.15) is 18.4 Å². The minimum atomic E-state index is -4.74. The van der Waals surface area contributed by atoms with E-state index in [2.05, 4.69) is 5.92 Å². The Hall–Kier alpha value is -3.36. The van der Waals surface area contributed by atoms with E-state index in [4.69, 9.17) is 23.9 Å². The average molecular weight is 427 g/mol. The van der Waals surface area contributed by atoms with Gasteiger partial charge in [0.05, 0.1) is 22.9 Å². The number of hydrogen-bond acceptors (Lipinski definition) is 3. The van der Waals surface area contributed by atoms with Gasteiger partial charge < -0.3 is 4.90 Å². The van der Waals surface area contributed by atoms with Crippen LogP contribution in [-0.2, 0) is 17.5 Å². The van der Waals surface area contributed by atoms with Crippen molar-refractivity contribution in [1.82, 2.24) is 4.90 Å². The first kappa shape index (κ1) is 21.4. The summed E-state index contributed by atoms with van der Waals surface area (Å²) < 4.78 is 40.1. The third-order valence-corrected chi connectivity index (χ3v) is 5.37. The predicted molar refractivity (Wildman–Crippen MR) is 110 cm³/mol. The molecule has 1 aliphatic rings. The van der Waals surface area contributed by atoms with Gasteiger partial charge in [0.15, 0.2) is 5.11 Å². The summed E-state index contributed by atoms with van der Waals surface area (Å²) in [5.74, 6) is 2.07. The summed E-state index contributed by atoms with van der Waals surface area (Å²) in [5, 5.41) is 9.08. The lowest BCUT2D eigenvalue weighted by Crippen LogP contribution is -2.43. The number of halogens is 3. The molecule has 0 aliphatic carbocycles. The van der Waals surface area contributed by atoms with E-state index in [-0.39, 0.29) is 17.3 Å². The number of benzene rings is 2. The monoisotopic (exact) mass is 427 g/mol. The largest absolute Gasteiger partial charge is 0.417 e. The molecule has 2 aromatic carbocycles. The van der Waals surface area contributed by atoms with Gasteiger partial charge in [-0.25, -0.2) is 0 Å². The molecule has 1 aliphatic heterocycles. The van der Waals surface area contributed by atoms with Crippen LogP contribution >= 0.6 is 12.2 Å². The second-order valence-electron chi connectivity index (χ2n) is 7.25. The molecule has 152 valence electrons. The van der Waals surface area contributed by atoms with Crippen LogP contribution in [0.25, 0.3) is 0 Å². The SMILES string of the molecule is C#Cc1ccc(CN2C(=S)N(c3ccc(C#N)c(C(F)(F)F)c3)C(=O)C2(C)C)cc1. The van der Waals surface area contributed by atoms with Crippen molar-refractivity contribution in [3.05, 3.63) is 64.7 Å². The number of carbonyl (C=O) groups is 1. The molecule has 2 aromatic rings. The molecular weight excluding hydrogens is 411 g/mol. The Morgan fingerprint density at radius 1 is 1.17 bits per heavy atom. The zero-order chi connectivity index (χ0) is 22.3. The van der Waals surface area contributed by atoms with Crippen LogP contribution in [0, 0.1) is 23.7 Å². The molecule has 0 atom stereocenters. The highest BCUT2D eigenvalue weighted by Crippen LogP contribution is 2.38. The van der Waals surface area contributed by atoms with Crippen molar-refractivity contribution in [3.63, 3.8) is 0 Å². The van der Waals surface area contributed by atoms with Gasteiger partial charge >= 0.3 is 6.18 Å². The molecular formula is C22H16F3N3OS. The Labute approximate surface area is 177 Å². The Kier molecular flexibility index (Phi) is 5.32. The molecule has 0 bridgehead atoms. The average Bonchev–Trinajstić information content (AvgIpc) is 2.87. The number of terminal acetylenes is 1. The van der Waals surface area contributed by atoms with E-state index in [1.54, 1.807) is 30.9 Å². The van der Waals surface area contributed by atoms with Gasteiger partial charge in [0.25, 0.3) is 5.91 Å². The molecule has 0 aromatic heterocycles. The Balaban J connectivity index is 2.00. The van der Waals surface area contributed by atoms with E-state index in [1.807, 2.05) is 12.1 Å². The van der Waals surface area contributed by atoms with Crippen LogP contribution in [0.1, 0.15) is 36.1 Å². The molecule has 1 amide bonds. The number of amides is 1. The Morgan fingerprint density at radius 2 is 1.80 bits per heavy atom. The Morgan fingerprint density at radius 3 is 2.33 bits per heavy atom. The fourth-order valence-corrected chi connectivity index (χ4v) is 3.70. The van der Waals surface area contributed by atoms with Crippen molar-refractivity contribution in [1.29, 1.82) is 5.26 Å². The maximum absolute atomic E-state index is 13.4. The number of hydrogen-bond donors (Lipinski definition) is 0. The fraction of sp³-hybridized carbons (Fsp3) is 0.227. The smallest absolute Gasteiger partial charge is 0.330 e. The maximum atomic E-state index is 13.4. The van der Waals surface area contributed by atoms with Crippen molar-refractivity contribution in [2.24, 2.45) is 0 Å². The van der Waals surface area contributed by atoms with Gasteiger partial charge in [0, 0.05) is 12.1 Å². The van der Waals surface area contributed by atoms with Gasteiger partial charge in [-0.05, 0) is 62.0 Å². The summed E-state index contributed by atoms with van der Waals surface area (Å²) in [4.78, 5) is 15.8. The van der Waals surface area contributed by atoms with Gasteiger partial charge in [-0.1, -0.05) is 18.1 Å². The van der Waals surface area contributed by atoms with Gasteiger partial charge in [0.2, 0.25) is 0 Å². The van der Waals surface area contributed by atoms with Gasteiger partial charge in [0.1, 0.15) is 5.54 Å². The molecule has 1 heterocycles. The maximum Gasteiger partial charge on any atom is 0.417 e. The molecule has 30 heavy (non-hydrogen) atoms. The third kappa shape index (κ3) is 3.62. The summed E-state index contributed by atoms with van der Waals surface area (Å²) in [7, 11) is 0. The lowest BCUT2D eigenvalue weighted by atomic mass is 10.0. The molecule has 3 rings (SSSR count). The molecule has 8 heteroatoms. The van der Waals surface area contributed by atoms with Crippen LogP contribution in [0.5, 0.6) is 0 Å². The van der Waals surface area contributed by atoms with Crippen molar-refractivity contribution in [2.75, 3.05) is 4.90 Å². The first-order valence-electron chi connectivity index (χ1n) is 8.83. The second kappa shape index (κ2) is 7.47. The van der Waals surface area contributed by atoms with Crippen molar-refractivity contribution in [3.8, 4) is 18.4 Å². The number of nitriles is 1. The number of carbonyl (C=O) groups excluding carboxylic acids is 1. The van der Waals surface area contributed by atoms with Crippen LogP contribution < -0.4 is 4.90 Å². The number of anilines is 1. The van der Waals surface area contributed by atoms with E-state index in [9.17, 15) is 18.0 Å². The highest BCUT2D eigenvalue weighted by molar-refractivity contribution is 7.80. The quantitative estimate of drug-likeness (QED) is 0.536. The zero-order valence-corrected chi connectivity index (χ0v) is 16.9. The Bertz CT molecular complexity index is 1110.